The van der Waals surface area contributed by atoms with Gasteiger partial charge in [-0.25, -0.2) is 9.59 Å². The van der Waals surface area contributed by atoms with Gasteiger partial charge in [-0.3, -0.25) is 4.90 Å². The van der Waals surface area contributed by atoms with Crippen LogP contribution in [-0.4, -0.2) is 70.3 Å². The van der Waals surface area contributed by atoms with Gasteiger partial charge in [0.15, 0.2) is 0 Å². The van der Waals surface area contributed by atoms with Crippen LogP contribution in [-0.2, 0) is 4.79 Å². The first-order valence-electron chi connectivity index (χ1n) is 7.49. The summed E-state index contributed by atoms with van der Waals surface area (Å²) in [6.45, 7) is 7.51. The lowest BCUT2D eigenvalue weighted by atomic mass is 10.2. The summed E-state index contributed by atoms with van der Waals surface area (Å²) in [6, 6.07) is -0.554. The van der Waals surface area contributed by atoms with Crippen LogP contribution in [0.2, 0.25) is 0 Å². The van der Waals surface area contributed by atoms with Crippen molar-refractivity contribution in [1.29, 1.82) is 0 Å². The summed E-state index contributed by atoms with van der Waals surface area (Å²) in [6.07, 6.45) is 1.76. The summed E-state index contributed by atoms with van der Waals surface area (Å²) >= 11 is 1.56. The predicted octanol–water partition coefficient (Wildman–Crippen LogP) is 1.66. The molecule has 1 saturated heterocycles. The summed E-state index contributed by atoms with van der Waals surface area (Å²) < 4.78 is 0. The van der Waals surface area contributed by atoms with Gasteiger partial charge in [0.05, 0.1) is 5.37 Å². The van der Waals surface area contributed by atoms with Crippen LogP contribution in [0.5, 0.6) is 0 Å². The Morgan fingerprint density at radius 1 is 1.48 bits per heavy atom. The van der Waals surface area contributed by atoms with Gasteiger partial charge in [0.1, 0.15) is 6.04 Å². The van der Waals surface area contributed by atoms with E-state index in [1.165, 1.54) is 4.90 Å². The maximum absolute atomic E-state index is 12.3. The molecule has 0 saturated carbocycles. The molecule has 0 aromatic carbocycles. The van der Waals surface area contributed by atoms with Gasteiger partial charge in [-0.1, -0.05) is 13.3 Å². The van der Waals surface area contributed by atoms with Gasteiger partial charge in [0, 0.05) is 24.9 Å². The van der Waals surface area contributed by atoms with Gasteiger partial charge >= 0.3 is 12.0 Å². The number of nitrogens with zero attached hydrogens (tertiary/aromatic N) is 2. The lowest BCUT2D eigenvalue weighted by Gasteiger charge is -2.28. The minimum atomic E-state index is -0.921. The number of aliphatic carboxylic acids is 1. The van der Waals surface area contributed by atoms with Crippen LogP contribution in [0.15, 0.2) is 0 Å². The number of carboxylic acid groups (broad SMARTS) is 1. The van der Waals surface area contributed by atoms with Crippen LogP contribution in [0.4, 0.5) is 4.79 Å². The molecule has 7 heteroatoms. The number of likely N-dealkylation sites (N-methyl/N-ethyl adjacent to an activating group) is 1. The van der Waals surface area contributed by atoms with Crippen molar-refractivity contribution in [3.05, 3.63) is 0 Å². The van der Waals surface area contributed by atoms with E-state index in [4.69, 9.17) is 0 Å². The van der Waals surface area contributed by atoms with E-state index in [1.807, 2.05) is 14.0 Å². The zero-order valence-corrected chi connectivity index (χ0v) is 14.2. The third-order valence-electron chi connectivity index (χ3n) is 3.77. The van der Waals surface area contributed by atoms with E-state index in [1.54, 1.807) is 11.8 Å². The highest BCUT2D eigenvalue weighted by atomic mass is 32.2. The molecule has 2 N–H and O–H groups in total. The molecule has 1 aliphatic heterocycles. The van der Waals surface area contributed by atoms with Gasteiger partial charge < -0.3 is 15.3 Å². The van der Waals surface area contributed by atoms with Gasteiger partial charge in [0.25, 0.3) is 0 Å². The Hall–Kier alpha value is -0.950. The number of carbonyl (C=O) groups excluding carboxylic acids is 1. The largest absolute Gasteiger partial charge is 0.480 e. The molecule has 2 unspecified atom stereocenters. The number of thioether (sulfide) groups is 1. The molecule has 2 atom stereocenters. The van der Waals surface area contributed by atoms with E-state index in [0.29, 0.717) is 18.3 Å². The second-order valence-electron chi connectivity index (χ2n) is 5.64. The molecule has 0 spiro atoms. The molecule has 1 aliphatic rings. The molecule has 0 bridgehead atoms. The van der Waals surface area contributed by atoms with Crippen LogP contribution in [0.1, 0.15) is 33.6 Å². The fraction of sp³-hybridized carbons (Fsp3) is 0.857. The standard InChI is InChI=1S/C14H27N3O3S/c1-5-6-12-17(11(9-21-12)13(18)19)14(20)15-7-8-16(4)10(2)3/h10-12H,5-9H2,1-4H3,(H,15,20)(H,18,19). The summed E-state index contributed by atoms with van der Waals surface area (Å²) in [4.78, 5) is 27.3. The highest BCUT2D eigenvalue weighted by Gasteiger charge is 2.41. The molecule has 0 aromatic rings. The van der Waals surface area contributed by atoms with Gasteiger partial charge in [-0.15, -0.1) is 11.8 Å². The predicted molar refractivity (Wildman–Crippen MR) is 85.6 cm³/mol. The first kappa shape index (κ1) is 18.1. The van der Waals surface area contributed by atoms with Crippen molar-refractivity contribution < 1.29 is 14.7 Å². The zero-order chi connectivity index (χ0) is 16.0. The van der Waals surface area contributed by atoms with Crippen LogP contribution in [0, 0.1) is 0 Å². The molecule has 21 heavy (non-hydrogen) atoms. The van der Waals surface area contributed by atoms with Crippen molar-refractivity contribution in [3.63, 3.8) is 0 Å². The number of hydrogen-bond donors (Lipinski definition) is 2. The van der Waals surface area contributed by atoms with E-state index in [-0.39, 0.29) is 11.4 Å². The van der Waals surface area contributed by atoms with Gasteiger partial charge in [0.2, 0.25) is 0 Å². The number of amides is 2. The quantitative estimate of drug-likeness (QED) is 0.747. The van der Waals surface area contributed by atoms with Crippen molar-refractivity contribution in [2.75, 3.05) is 25.9 Å². The molecule has 1 fully saturated rings. The molecule has 0 radical (unpaired) electrons. The number of carboxylic acids is 1. The number of carbonyl (C=O) groups is 2. The smallest absolute Gasteiger partial charge is 0.327 e. The second-order valence-corrected chi connectivity index (χ2v) is 6.86. The number of hydrogen-bond acceptors (Lipinski definition) is 4. The highest BCUT2D eigenvalue weighted by molar-refractivity contribution is 8.00. The first-order chi connectivity index (χ1) is 9.88. The Bertz CT molecular complexity index is 365. The summed E-state index contributed by atoms with van der Waals surface area (Å²) in [7, 11) is 2.00. The molecular weight excluding hydrogens is 290 g/mol. The maximum Gasteiger partial charge on any atom is 0.327 e. The van der Waals surface area contributed by atoms with E-state index >= 15 is 0 Å². The summed E-state index contributed by atoms with van der Waals surface area (Å²) in [5, 5.41) is 12.1. The number of urea groups is 1. The lowest BCUT2D eigenvalue weighted by molar-refractivity contribution is -0.141. The Morgan fingerprint density at radius 2 is 2.14 bits per heavy atom. The molecule has 2 amide bonds. The summed E-state index contributed by atoms with van der Waals surface area (Å²) in [5.41, 5.74) is 0. The molecule has 0 aliphatic carbocycles. The molecule has 6 nitrogen and oxygen atoms in total. The Kier molecular flexibility index (Phi) is 7.31. The Labute approximate surface area is 131 Å². The maximum atomic E-state index is 12.3. The molecule has 1 rings (SSSR count). The van der Waals surface area contributed by atoms with E-state index in [9.17, 15) is 14.7 Å². The average Bonchev–Trinajstić information content (AvgIpc) is 2.82. The second kappa shape index (κ2) is 8.48. The van der Waals surface area contributed by atoms with Crippen LogP contribution < -0.4 is 5.32 Å². The van der Waals surface area contributed by atoms with Crippen molar-refractivity contribution in [2.45, 2.75) is 51.1 Å². The molecule has 122 valence electrons. The fourth-order valence-electron chi connectivity index (χ4n) is 2.18. The van der Waals surface area contributed by atoms with Gasteiger partial charge in [-0.2, -0.15) is 0 Å². The molecular formula is C14H27N3O3S. The number of nitrogens with one attached hydrogen (secondary N) is 1. The van der Waals surface area contributed by atoms with E-state index < -0.39 is 12.0 Å². The first-order valence-corrected chi connectivity index (χ1v) is 8.54. The Balaban J connectivity index is 2.56. The molecule has 1 heterocycles. The third-order valence-corrected chi connectivity index (χ3v) is 5.13. The topological polar surface area (TPSA) is 72.9 Å². The Morgan fingerprint density at radius 3 is 2.67 bits per heavy atom. The summed E-state index contributed by atoms with van der Waals surface area (Å²) in [5.74, 6) is -0.449. The fourth-order valence-corrected chi connectivity index (χ4v) is 3.70. The average molecular weight is 317 g/mol. The third kappa shape index (κ3) is 5.07. The van der Waals surface area contributed by atoms with Gasteiger partial charge in [-0.05, 0) is 27.3 Å². The SMILES string of the molecule is CCCC1SCC(C(=O)O)N1C(=O)NCCN(C)C(C)C. The molecule has 0 aromatic heterocycles. The van der Waals surface area contributed by atoms with Crippen LogP contribution in [0.25, 0.3) is 0 Å². The monoisotopic (exact) mass is 317 g/mol. The zero-order valence-electron chi connectivity index (χ0n) is 13.3. The number of rotatable bonds is 7. The van der Waals surface area contributed by atoms with E-state index in [2.05, 4.69) is 24.1 Å². The minimum Gasteiger partial charge on any atom is -0.480 e. The lowest BCUT2D eigenvalue weighted by Crippen LogP contribution is -2.51. The normalized spacial score (nSPS) is 22.1. The van der Waals surface area contributed by atoms with Crippen molar-refractivity contribution in [1.82, 2.24) is 15.1 Å². The van der Waals surface area contributed by atoms with Crippen molar-refractivity contribution >= 4 is 23.8 Å². The van der Waals surface area contributed by atoms with Crippen LogP contribution in [0.3, 0.4) is 0 Å². The minimum absolute atomic E-state index is 0.0288. The van der Waals surface area contributed by atoms with Crippen molar-refractivity contribution in [3.8, 4) is 0 Å². The highest BCUT2D eigenvalue weighted by Crippen LogP contribution is 2.32. The van der Waals surface area contributed by atoms with Crippen molar-refractivity contribution in [2.24, 2.45) is 0 Å². The van der Waals surface area contributed by atoms with E-state index in [0.717, 1.165) is 19.4 Å². The van der Waals surface area contributed by atoms with Crippen LogP contribution >= 0.6 is 11.8 Å².